The second kappa shape index (κ2) is 7.97. The van der Waals surface area contributed by atoms with Crippen molar-refractivity contribution in [1.82, 2.24) is 10.2 Å². The molecule has 1 aliphatic rings. The average Bonchev–Trinajstić information content (AvgIpc) is 2.58. The van der Waals surface area contributed by atoms with Crippen molar-refractivity contribution in [2.45, 2.75) is 19.9 Å². The van der Waals surface area contributed by atoms with Gasteiger partial charge in [0.05, 0.1) is 25.3 Å². The molecule has 1 aliphatic heterocycles. The van der Waals surface area contributed by atoms with Crippen molar-refractivity contribution in [2.24, 2.45) is 0 Å². The molecule has 24 heavy (non-hydrogen) atoms. The fourth-order valence-corrected chi connectivity index (χ4v) is 2.98. The molecular formula is C18H22N2O3S. The maximum absolute atomic E-state index is 12.5. The van der Waals surface area contributed by atoms with Crippen molar-refractivity contribution >= 4 is 23.3 Å². The average molecular weight is 346 g/mol. The first-order chi connectivity index (χ1) is 11.5. The lowest BCUT2D eigenvalue weighted by molar-refractivity contribution is -0.139. The van der Waals surface area contributed by atoms with E-state index in [1.165, 1.54) is 0 Å². The number of rotatable bonds is 6. The van der Waals surface area contributed by atoms with Crippen LogP contribution in [0.1, 0.15) is 25.5 Å². The molecule has 0 fully saturated rings. The van der Waals surface area contributed by atoms with Gasteiger partial charge in [-0.2, -0.15) is 0 Å². The van der Waals surface area contributed by atoms with Gasteiger partial charge in [0.2, 0.25) is 0 Å². The Labute approximate surface area is 147 Å². The minimum atomic E-state index is -0.358. The van der Waals surface area contributed by atoms with Crippen molar-refractivity contribution in [3.63, 3.8) is 0 Å². The van der Waals surface area contributed by atoms with Crippen LogP contribution in [0.5, 0.6) is 5.75 Å². The molecule has 128 valence electrons. The number of benzene rings is 1. The van der Waals surface area contributed by atoms with Gasteiger partial charge < -0.3 is 19.7 Å². The predicted molar refractivity (Wildman–Crippen MR) is 97.7 cm³/mol. The number of methoxy groups -OCH3 is 1. The van der Waals surface area contributed by atoms with E-state index in [1.54, 1.807) is 20.1 Å². The third kappa shape index (κ3) is 3.59. The molecule has 0 saturated heterocycles. The fraction of sp³-hybridized carbons (Fsp3) is 0.333. The summed E-state index contributed by atoms with van der Waals surface area (Å²) < 4.78 is 10.4. The maximum atomic E-state index is 12.5. The number of thiocarbonyl (C=S) groups is 1. The van der Waals surface area contributed by atoms with Crippen LogP contribution in [0.2, 0.25) is 0 Å². The highest BCUT2D eigenvalue weighted by molar-refractivity contribution is 7.80. The number of nitrogens with zero attached hydrogens (tertiary/aromatic N) is 1. The van der Waals surface area contributed by atoms with Gasteiger partial charge in [0.15, 0.2) is 5.11 Å². The standard InChI is InChI=1S/C18H22N2O3S/c1-5-11-20-12(3)15(17(21)23-6-2)16(19-18(20)24)13-7-9-14(22-4)10-8-13/h5,7-10,16H,1,6,11H2,2-4H3,(H,19,24). The topological polar surface area (TPSA) is 50.8 Å². The molecule has 0 radical (unpaired) electrons. The van der Waals surface area contributed by atoms with Crippen LogP contribution in [-0.2, 0) is 9.53 Å². The predicted octanol–water partition coefficient (Wildman–Crippen LogP) is 2.95. The number of hydrogen-bond donors (Lipinski definition) is 1. The zero-order valence-electron chi connectivity index (χ0n) is 14.2. The number of hydrogen-bond acceptors (Lipinski definition) is 4. The molecule has 0 aliphatic carbocycles. The summed E-state index contributed by atoms with van der Waals surface area (Å²) in [5.74, 6) is 0.406. The highest BCUT2D eigenvalue weighted by Gasteiger charge is 2.34. The molecule has 1 unspecified atom stereocenters. The summed E-state index contributed by atoms with van der Waals surface area (Å²) in [6.45, 7) is 8.25. The first kappa shape index (κ1) is 18.0. The van der Waals surface area contributed by atoms with Gasteiger partial charge in [-0.05, 0) is 43.8 Å². The minimum absolute atomic E-state index is 0.316. The van der Waals surface area contributed by atoms with Crippen LogP contribution in [0.3, 0.4) is 0 Å². The van der Waals surface area contributed by atoms with Crippen LogP contribution in [0.25, 0.3) is 0 Å². The second-order valence-electron chi connectivity index (χ2n) is 5.27. The Morgan fingerprint density at radius 2 is 2.08 bits per heavy atom. The Balaban J connectivity index is 2.48. The minimum Gasteiger partial charge on any atom is -0.497 e. The van der Waals surface area contributed by atoms with Crippen LogP contribution < -0.4 is 10.1 Å². The summed E-state index contributed by atoms with van der Waals surface area (Å²) in [5.41, 5.74) is 2.24. The van der Waals surface area contributed by atoms with Gasteiger partial charge in [-0.15, -0.1) is 6.58 Å². The quantitative estimate of drug-likeness (QED) is 0.486. The SMILES string of the molecule is C=CCN1C(=S)NC(c2ccc(OC)cc2)C(C(=O)OCC)=C1C. The number of ether oxygens (including phenoxy) is 2. The van der Waals surface area contributed by atoms with Gasteiger partial charge in [0.1, 0.15) is 5.75 Å². The molecule has 1 aromatic rings. The van der Waals surface area contributed by atoms with Gasteiger partial charge in [0, 0.05) is 12.2 Å². The summed E-state index contributed by atoms with van der Waals surface area (Å²) in [4.78, 5) is 14.4. The Kier molecular flexibility index (Phi) is 5.98. The first-order valence-corrected chi connectivity index (χ1v) is 8.15. The monoisotopic (exact) mass is 346 g/mol. The zero-order valence-corrected chi connectivity index (χ0v) is 15.0. The lowest BCUT2D eigenvalue weighted by Crippen LogP contribution is -2.47. The first-order valence-electron chi connectivity index (χ1n) is 7.74. The molecule has 1 N–H and O–H groups in total. The summed E-state index contributed by atoms with van der Waals surface area (Å²) in [6, 6.07) is 7.18. The Bertz CT molecular complexity index is 667. The number of carbonyl (C=O) groups excluding carboxylic acids is 1. The highest BCUT2D eigenvalue weighted by atomic mass is 32.1. The van der Waals surface area contributed by atoms with Gasteiger partial charge in [0.25, 0.3) is 0 Å². The van der Waals surface area contributed by atoms with E-state index in [1.807, 2.05) is 36.1 Å². The summed E-state index contributed by atoms with van der Waals surface area (Å²) in [7, 11) is 1.62. The molecule has 5 nitrogen and oxygen atoms in total. The van der Waals surface area contributed by atoms with E-state index >= 15 is 0 Å². The molecule has 0 spiro atoms. The van der Waals surface area contributed by atoms with E-state index in [0.29, 0.717) is 23.8 Å². The van der Waals surface area contributed by atoms with Crippen molar-refractivity contribution < 1.29 is 14.3 Å². The lowest BCUT2D eigenvalue weighted by Gasteiger charge is -2.37. The summed E-state index contributed by atoms with van der Waals surface area (Å²) in [6.07, 6.45) is 1.74. The Morgan fingerprint density at radius 1 is 1.42 bits per heavy atom. The van der Waals surface area contributed by atoms with Gasteiger partial charge in [-0.3, -0.25) is 0 Å². The van der Waals surface area contributed by atoms with Crippen LogP contribution in [0.15, 0.2) is 48.2 Å². The molecule has 1 aromatic carbocycles. The molecular weight excluding hydrogens is 324 g/mol. The third-order valence-corrected chi connectivity index (χ3v) is 4.19. The molecule has 2 rings (SSSR count). The van der Waals surface area contributed by atoms with E-state index < -0.39 is 0 Å². The van der Waals surface area contributed by atoms with Gasteiger partial charge in [-0.25, -0.2) is 4.79 Å². The van der Waals surface area contributed by atoms with E-state index in [0.717, 1.165) is 17.0 Å². The number of nitrogens with one attached hydrogen (secondary N) is 1. The van der Waals surface area contributed by atoms with E-state index in [4.69, 9.17) is 21.7 Å². The van der Waals surface area contributed by atoms with E-state index in [-0.39, 0.29) is 12.0 Å². The van der Waals surface area contributed by atoms with Crippen LogP contribution >= 0.6 is 12.2 Å². The normalized spacial score (nSPS) is 17.4. The smallest absolute Gasteiger partial charge is 0.338 e. The van der Waals surface area contributed by atoms with Crippen LogP contribution in [-0.4, -0.2) is 36.2 Å². The van der Waals surface area contributed by atoms with Gasteiger partial charge in [-0.1, -0.05) is 18.2 Å². The number of allylic oxidation sites excluding steroid dienone is 1. The highest BCUT2D eigenvalue weighted by Crippen LogP contribution is 2.32. The van der Waals surface area contributed by atoms with E-state index in [9.17, 15) is 4.79 Å². The molecule has 6 heteroatoms. The maximum Gasteiger partial charge on any atom is 0.338 e. The second-order valence-corrected chi connectivity index (χ2v) is 5.66. The molecule has 1 heterocycles. The number of carbonyl (C=O) groups is 1. The Hall–Kier alpha value is -2.34. The van der Waals surface area contributed by atoms with E-state index in [2.05, 4.69) is 11.9 Å². The van der Waals surface area contributed by atoms with Crippen molar-refractivity contribution in [2.75, 3.05) is 20.3 Å². The fourth-order valence-electron chi connectivity index (χ4n) is 2.65. The van der Waals surface area contributed by atoms with Gasteiger partial charge >= 0.3 is 5.97 Å². The molecule has 0 aromatic heterocycles. The Morgan fingerprint density at radius 3 is 2.62 bits per heavy atom. The third-order valence-electron chi connectivity index (χ3n) is 3.85. The summed E-state index contributed by atoms with van der Waals surface area (Å²) in [5, 5.41) is 3.79. The molecule has 0 amide bonds. The molecule has 0 bridgehead atoms. The number of esters is 1. The van der Waals surface area contributed by atoms with Crippen molar-refractivity contribution in [3.05, 3.63) is 53.8 Å². The van der Waals surface area contributed by atoms with Crippen LogP contribution in [0.4, 0.5) is 0 Å². The van der Waals surface area contributed by atoms with Crippen molar-refractivity contribution in [3.8, 4) is 5.75 Å². The van der Waals surface area contributed by atoms with Crippen LogP contribution in [0, 0.1) is 0 Å². The molecule has 1 atom stereocenters. The largest absolute Gasteiger partial charge is 0.497 e. The lowest BCUT2D eigenvalue weighted by atomic mass is 9.95. The zero-order chi connectivity index (χ0) is 17.7. The molecule has 0 saturated carbocycles. The van der Waals surface area contributed by atoms with Crippen molar-refractivity contribution in [1.29, 1.82) is 0 Å². The summed E-state index contributed by atoms with van der Waals surface area (Å²) >= 11 is 5.46.